The molecular weight excluding hydrogens is 294 g/mol. The molecule has 1 aliphatic carbocycles. The number of nitrogens with one attached hydrogen (secondary N) is 1. The predicted octanol–water partition coefficient (Wildman–Crippen LogP) is 4.85. The topological polar surface area (TPSA) is 29.1 Å². The van der Waals surface area contributed by atoms with Crippen molar-refractivity contribution < 1.29 is 4.79 Å². The van der Waals surface area contributed by atoms with Crippen LogP contribution in [0.4, 0.5) is 0 Å². The second kappa shape index (κ2) is 7.96. The third-order valence-corrected chi connectivity index (χ3v) is 4.73. The first-order valence-corrected chi connectivity index (χ1v) is 8.91. The van der Waals surface area contributed by atoms with E-state index in [0.29, 0.717) is 0 Å². The number of hydrogen-bond donors (Lipinski definition) is 1. The van der Waals surface area contributed by atoms with Crippen molar-refractivity contribution in [1.82, 2.24) is 5.32 Å². The number of rotatable bonds is 5. The average Bonchev–Trinajstić information content (AvgIpc) is 2.65. The Bertz CT molecular complexity index is 718. The Balaban J connectivity index is 1.68. The summed E-state index contributed by atoms with van der Waals surface area (Å²) < 4.78 is 0. The normalized spacial score (nSPS) is 15.0. The van der Waals surface area contributed by atoms with E-state index in [9.17, 15) is 4.79 Å². The average molecular weight is 319 g/mol. The molecule has 2 heteroatoms. The molecule has 0 saturated heterocycles. The standard InChI is InChI=1S/C22H25NO/c1-2-21(20-14-13-18-10-6-7-11-19(18)16-20)23-22(24)15-12-17-8-4-3-5-9-17/h3-5,8-9,12-16,21H,2,6-7,10-11H2,1H3,(H,23,24)/b15-12+/t21-/m1/s1. The van der Waals surface area contributed by atoms with Gasteiger partial charge in [0.25, 0.3) is 0 Å². The van der Waals surface area contributed by atoms with Crippen molar-refractivity contribution in [2.45, 2.75) is 45.1 Å². The van der Waals surface area contributed by atoms with E-state index in [4.69, 9.17) is 0 Å². The highest BCUT2D eigenvalue weighted by molar-refractivity contribution is 5.92. The third kappa shape index (κ3) is 4.14. The lowest BCUT2D eigenvalue weighted by molar-refractivity contribution is -0.117. The van der Waals surface area contributed by atoms with Gasteiger partial charge >= 0.3 is 0 Å². The van der Waals surface area contributed by atoms with Gasteiger partial charge in [0.15, 0.2) is 0 Å². The molecule has 1 amide bonds. The zero-order valence-corrected chi connectivity index (χ0v) is 14.3. The van der Waals surface area contributed by atoms with E-state index in [0.717, 1.165) is 12.0 Å². The molecule has 0 fully saturated rings. The molecule has 0 unspecified atom stereocenters. The van der Waals surface area contributed by atoms with Gasteiger partial charge in [-0.2, -0.15) is 0 Å². The molecule has 0 aliphatic heterocycles. The summed E-state index contributed by atoms with van der Waals surface area (Å²) >= 11 is 0. The van der Waals surface area contributed by atoms with Crippen molar-refractivity contribution in [3.05, 3.63) is 76.9 Å². The van der Waals surface area contributed by atoms with Crippen LogP contribution in [0.2, 0.25) is 0 Å². The predicted molar refractivity (Wildman–Crippen MR) is 99.7 cm³/mol. The number of hydrogen-bond acceptors (Lipinski definition) is 1. The second-order valence-electron chi connectivity index (χ2n) is 6.45. The first-order chi connectivity index (χ1) is 11.8. The fraction of sp³-hybridized carbons (Fsp3) is 0.318. The molecule has 2 aromatic carbocycles. The number of amides is 1. The smallest absolute Gasteiger partial charge is 0.244 e. The maximum Gasteiger partial charge on any atom is 0.244 e. The third-order valence-electron chi connectivity index (χ3n) is 4.73. The monoisotopic (exact) mass is 319 g/mol. The van der Waals surface area contributed by atoms with Crippen molar-refractivity contribution in [1.29, 1.82) is 0 Å². The molecule has 0 saturated carbocycles. The molecule has 124 valence electrons. The van der Waals surface area contributed by atoms with E-state index in [2.05, 4.69) is 30.4 Å². The van der Waals surface area contributed by atoms with Crippen LogP contribution in [0, 0.1) is 0 Å². The van der Waals surface area contributed by atoms with E-state index < -0.39 is 0 Å². The quantitative estimate of drug-likeness (QED) is 0.785. The van der Waals surface area contributed by atoms with E-state index in [-0.39, 0.29) is 11.9 Å². The van der Waals surface area contributed by atoms with Crippen molar-refractivity contribution in [2.75, 3.05) is 0 Å². The summed E-state index contributed by atoms with van der Waals surface area (Å²) in [6.07, 6.45) is 9.30. The summed E-state index contributed by atoms with van der Waals surface area (Å²) in [6, 6.07) is 16.7. The van der Waals surface area contributed by atoms with Crippen LogP contribution in [0.1, 0.15) is 54.5 Å². The van der Waals surface area contributed by atoms with E-state index in [1.807, 2.05) is 36.4 Å². The summed E-state index contributed by atoms with van der Waals surface area (Å²) in [6.45, 7) is 2.12. The molecule has 1 N–H and O–H groups in total. The van der Waals surface area contributed by atoms with Gasteiger partial charge in [0.05, 0.1) is 6.04 Å². The summed E-state index contributed by atoms with van der Waals surface area (Å²) in [5.74, 6) is -0.0385. The van der Waals surface area contributed by atoms with Crippen molar-refractivity contribution in [2.24, 2.45) is 0 Å². The molecule has 1 aliphatic rings. The highest BCUT2D eigenvalue weighted by Crippen LogP contribution is 2.26. The van der Waals surface area contributed by atoms with Crippen LogP contribution < -0.4 is 5.32 Å². The molecule has 24 heavy (non-hydrogen) atoms. The Morgan fingerprint density at radius 3 is 2.58 bits per heavy atom. The molecule has 0 radical (unpaired) electrons. The summed E-state index contributed by atoms with van der Waals surface area (Å²) in [5.41, 5.74) is 5.20. The number of fused-ring (bicyclic) bond motifs is 1. The zero-order chi connectivity index (χ0) is 16.8. The lowest BCUT2D eigenvalue weighted by Crippen LogP contribution is -2.26. The molecular formula is C22H25NO. The van der Waals surface area contributed by atoms with Crippen LogP contribution in [0.5, 0.6) is 0 Å². The lowest BCUT2D eigenvalue weighted by atomic mass is 9.89. The second-order valence-corrected chi connectivity index (χ2v) is 6.45. The maximum absolute atomic E-state index is 12.2. The summed E-state index contributed by atoms with van der Waals surface area (Å²) in [4.78, 5) is 12.2. The van der Waals surface area contributed by atoms with E-state index in [1.54, 1.807) is 6.08 Å². The molecule has 3 rings (SSSR count). The summed E-state index contributed by atoms with van der Waals surface area (Å²) in [5, 5.41) is 3.13. The fourth-order valence-corrected chi connectivity index (χ4v) is 3.35. The summed E-state index contributed by atoms with van der Waals surface area (Å²) in [7, 11) is 0. The van der Waals surface area contributed by atoms with Crippen LogP contribution in [0.25, 0.3) is 6.08 Å². The molecule has 2 aromatic rings. The first-order valence-electron chi connectivity index (χ1n) is 8.91. The zero-order valence-electron chi connectivity index (χ0n) is 14.3. The molecule has 2 nitrogen and oxygen atoms in total. The van der Waals surface area contributed by atoms with Gasteiger partial charge in [0, 0.05) is 6.08 Å². The minimum atomic E-state index is -0.0385. The van der Waals surface area contributed by atoms with E-state index in [1.165, 1.54) is 42.4 Å². The number of carbonyl (C=O) groups is 1. The van der Waals surface area contributed by atoms with Gasteiger partial charge in [-0.1, -0.05) is 55.5 Å². The number of benzene rings is 2. The highest BCUT2D eigenvalue weighted by Gasteiger charge is 2.15. The molecule has 0 heterocycles. The van der Waals surface area contributed by atoms with Crippen LogP contribution in [-0.4, -0.2) is 5.91 Å². The maximum atomic E-state index is 12.2. The minimum absolute atomic E-state index is 0.0385. The van der Waals surface area contributed by atoms with Gasteiger partial charge in [-0.3, -0.25) is 4.79 Å². The minimum Gasteiger partial charge on any atom is -0.346 e. The van der Waals surface area contributed by atoms with Gasteiger partial charge in [-0.05, 0) is 60.4 Å². The van der Waals surface area contributed by atoms with Crippen LogP contribution in [0.15, 0.2) is 54.6 Å². The van der Waals surface area contributed by atoms with Crippen LogP contribution in [-0.2, 0) is 17.6 Å². The van der Waals surface area contributed by atoms with Gasteiger partial charge in [0.2, 0.25) is 5.91 Å². The Kier molecular flexibility index (Phi) is 5.47. The van der Waals surface area contributed by atoms with Crippen LogP contribution in [0.3, 0.4) is 0 Å². The van der Waals surface area contributed by atoms with Crippen molar-refractivity contribution >= 4 is 12.0 Å². The van der Waals surface area contributed by atoms with E-state index >= 15 is 0 Å². The van der Waals surface area contributed by atoms with Gasteiger partial charge in [-0.15, -0.1) is 0 Å². The van der Waals surface area contributed by atoms with Gasteiger partial charge in [-0.25, -0.2) is 0 Å². The first kappa shape index (κ1) is 16.5. The Labute approximate surface area is 144 Å². The SMILES string of the molecule is CC[C@@H](NC(=O)/C=C/c1ccccc1)c1ccc2c(c1)CCCC2. The Hall–Kier alpha value is -2.35. The van der Waals surface area contributed by atoms with Crippen LogP contribution >= 0.6 is 0 Å². The molecule has 1 atom stereocenters. The Morgan fingerprint density at radius 2 is 1.83 bits per heavy atom. The van der Waals surface area contributed by atoms with Gasteiger partial charge < -0.3 is 5.32 Å². The van der Waals surface area contributed by atoms with Crippen molar-refractivity contribution in [3.63, 3.8) is 0 Å². The lowest BCUT2D eigenvalue weighted by Gasteiger charge is -2.21. The number of aryl methyl sites for hydroxylation is 2. The molecule has 0 spiro atoms. The molecule has 0 aromatic heterocycles. The Morgan fingerprint density at radius 1 is 1.08 bits per heavy atom. The number of carbonyl (C=O) groups excluding carboxylic acids is 1. The fourth-order valence-electron chi connectivity index (χ4n) is 3.35. The highest BCUT2D eigenvalue weighted by atomic mass is 16.1. The van der Waals surface area contributed by atoms with Crippen molar-refractivity contribution in [3.8, 4) is 0 Å². The van der Waals surface area contributed by atoms with Gasteiger partial charge in [0.1, 0.15) is 0 Å². The molecule has 0 bridgehead atoms. The largest absolute Gasteiger partial charge is 0.346 e.